The second-order valence-electron chi connectivity index (χ2n) is 6.78. The lowest BCUT2D eigenvalue weighted by atomic mass is 10.1. The summed E-state index contributed by atoms with van der Waals surface area (Å²) < 4.78 is 0. The highest BCUT2D eigenvalue weighted by molar-refractivity contribution is 6.08. The van der Waals surface area contributed by atoms with Gasteiger partial charge in [-0.15, -0.1) is 5.11 Å². The smallest absolute Gasteiger partial charge is 0.255 e. The number of nitrogens with one attached hydrogen (secondary N) is 1. The van der Waals surface area contributed by atoms with Crippen molar-refractivity contribution in [3.8, 4) is 11.8 Å². The van der Waals surface area contributed by atoms with Crippen molar-refractivity contribution in [3.05, 3.63) is 90.0 Å². The van der Waals surface area contributed by atoms with E-state index in [4.69, 9.17) is 11.0 Å². The van der Waals surface area contributed by atoms with Crippen molar-refractivity contribution < 1.29 is 9.90 Å². The van der Waals surface area contributed by atoms with Crippen molar-refractivity contribution in [2.45, 2.75) is 0 Å². The van der Waals surface area contributed by atoms with E-state index in [1.54, 1.807) is 54.6 Å². The third-order valence-electron chi connectivity index (χ3n) is 4.68. The van der Waals surface area contributed by atoms with Crippen molar-refractivity contribution in [2.75, 3.05) is 11.1 Å². The number of carbonyl (C=O) groups is 1. The number of hydrogen-bond acceptors (Lipinski definition) is 6. The Balaban J connectivity index is 1.72. The molecule has 0 fully saturated rings. The zero-order valence-electron chi connectivity index (χ0n) is 16.3. The van der Waals surface area contributed by atoms with Crippen molar-refractivity contribution in [2.24, 2.45) is 10.2 Å². The van der Waals surface area contributed by atoms with E-state index >= 15 is 0 Å². The SMILES string of the molecule is N#Cc1ccc(C(=O)Nc2cc3ccccc3c(N=Nc3ccc(N)cc3)c2O)cc1. The lowest BCUT2D eigenvalue weighted by molar-refractivity contribution is 0.102. The van der Waals surface area contributed by atoms with E-state index in [1.807, 2.05) is 30.3 Å². The zero-order valence-corrected chi connectivity index (χ0v) is 16.3. The number of carbonyl (C=O) groups excluding carboxylic acids is 1. The fourth-order valence-corrected chi connectivity index (χ4v) is 3.05. The molecule has 4 aromatic carbocycles. The predicted octanol–water partition coefficient (Wildman–Crippen LogP) is 5.67. The summed E-state index contributed by atoms with van der Waals surface area (Å²) in [5.41, 5.74) is 8.14. The molecule has 0 aromatic heterocycles. The van der Waals surface area contributed by atoms with Crippen LogP contribution in [0.4, 0.5) is 22.7 Å². The number of fused-ring (bicyclic) bond motifs is 1. The van der Waals surface area contributed by atoms with E-state index in [0.717, 1.165) is 5.39 Å². The first-order valence-corrected chi connectivity index (χ1v) is 9.38. The summed E-state index contributed by atoms with van der Waals surface area (Å²) in [5, 5.41) is 32.4. The number of nitrogens with two attached hydrogens (primary N) is 1. The van der Waals surface area contributed by atoms with Gasteiger partial charge in [-0.2, -0.15) is 10.4 Å². The van der Waals surface area contributed by atoms with Crippen LogP contribution in [-0.4, -0.2) is 11.0 Å². The molecule has 4 N–H and O–H groups in total. The van der Waals surface area contributed by atoms with Crippen LogP contribution in [-0.2, 0) is 0 Å². The summed E-state index contributed by atoms with van der Waals surface area (Å²) in [5.74, 6) is -0.614. The largest absolute Gasteiger partial charge is 0.504 e. The number of hydrogen-bond donors (Lipinski definition) is 3. The molecule has 7 heteroatoms. The number of nitrogen functional groups attached to an aromatic ring is 1. The molecule has 0 atom stereocenters. The lowest BCUT2D eigenvalue weighted by Crippen LogP contribution is -2.12. The monoisotopic (exact) mass is 407 g/mol. The summed E-state index contributed by atoms with van der Waals surface area (Å²) in [7, 11) is 0. The first kappa shape index (κ1) is 19.6. The van der Waals surface area contributed by atoms with Gasteiger partial charge in [-0.1, -0.05) is 24.3 Å². The molecule has 1 amide bonds. The Labute approximate surface area is 178 Å². The van der Waals surface area contributed by atoms with Crippen LogP contribution in [0.5, 0.6) is 5.75 Å². The van der Waals surface area contributed by atoms with Gasteiger partial charge in [-0.25, -0.2) is 0 Å². The standard InChI is InChI=1S/C24H17N5O2/c25-14-15-5-7-16(8-6-15)24(31)27-21-13-17-3-1-2-4-20(17)22(23(21)30)29-28-19-11-9-18(26)10-12-19/h1-13,30H,26H2,(H,27,31). The number of amides is 1. The van der Waals surface area contributed by atoms with Crippen LogP contribution in [0.15, 0.2) is 89.1 Å². The minimum atomic E-state index is -0.420. The number of phenolic OH excluding ortho intramolecular Hbond substituents is 1. The molecule has 7 nitrogen and oxygen atoms in total. The molecule has 0 spiro atoms. The van der Waals surface area contributed by atoms with Crippen LogP contribution in [0, 0.1) is 11.3 Å². The number of rotatable bonds is 4. The maximum atomic E-state index is 12.7. The summed E-state index contributed by atoms with van der Waals surface area (Å²) in [6.07, 6.45) is 0. The van der Waals surface area contributed by atoms with Crippen molar-refractivity contribution in [1.29, 1.82) is 5.26 Å². The van der Waals surface area contributed by atoms with Crippen LogP contribution in [0.2, 0.25) is 0 Å². The van der Waals surface area contributed by atoms with E-state index in [1.165, 1.54) is 0 Å². The van der Waals surface area contributed by atoms with Gasteiger partial charge in [0.15, 0.2) is 5.75 Å². The van der Waals surface area contributed by atoms with Gasteiger partial charge in [0, 0.05) is 16.6 Å². The molecule has 4 aromatic rings. The van der Waals surface area contributed by atoms with Crippen LogP contribution in [0.1, 0.15) is 15.9 Å². The van der Waals surface area contributed by atoms with Gasteiger partial charge in [0.05, 0.1) is 23.0 Å². The minimum absolute atomic E-state index is 0.195. The fraction of sp³-hybridized carbons (Fsp3) is 0. The van der Waals surface area contributed by atoms with E-state index in [2.05, 4.69) is 15.5 Å². The molecule has 4 rings (SSSR count). The van der Waals surface area contributed by atoms with Crippen molar-refractivity contribution in [1.82, 2.24) is 0 Å². The van der Waals surface area contributed by atoms with Gasteiger partial charge in [0.25, 0.3) is 5.91 Å². The first-order chi connectivity index (χ1) is 15.0. The lowest BCUT2D eigenvalue weighted by Gasteiger charge is -2.12. The number of nitriles is 1. The number of benzene rings is 4. The Morgan fingerprint density at radius 1 is 0.968 bits per heavy atom. The van der Waals surface area contributed by atoms with Crippen molar-refractivity contribution >= 4 is 39.4 Å². The van der Waals surface area contributed by atoms with Gasteiger partial charge in [-0.05, 0) is 60.0 Å². The first-order valence-electron chi connectivity index (χ1n) is 9.38. The maximum Gasteiger partial charge on any atom is 0.255 e. The zero-order chi connectivity index (χ0) is 21.8. The molecule has 0 aliphatic heterocycles. The summed E-state index contributed by atoms with van der Waals surface area (Å²) in [6, 6.07) is 24.1. The average Bonchev–Trinajstić information content (AvgIpc) is 2.80. The Kier molecular flexibility index (Phi) is 5.28. The quantitative estimate of drug-likeness (QED) is 0.229. The predicted molar refractivity (Wildman–Crippen MR) is 120 cm³/mol. The van der Waals surface area contributed by atoms with Crippen LogP contribution < -0.4 is 11.1 Å². The number of azo groups is 1. The summed E-state index contributed by atoms with van der Waals surface area (Å²) >= 11 is 0. The van der Waals surface area contributed by atoms with E-state index in [9.17, 15) is 9.90 Å². The maximum absolute atomic E-state index is 12.7. The number of aromatic hydroxyl groups is 1. The molecule has 0 radical (unpaired) electrons. The molecule has 0 unspecified atom stereocenters. The third-order valence-corrected chi connectivity index (χ3v) is 4.68. The van der Waals surface area contributed by atoms with Gasteiger partial charge in [-0.3, -0.25) is 4.79 Å². The molecule has 0 aliphatic rings. The average molecular weight is 407 g/mol. The van der Waals surface area contributed by atoms with E-state index in [-0.39, 0.29) is 17.1 Å². The number of anilines is 2. The molecular weight excluding hydrogens is 390 g/mol. The normalized spacial score (nSPS) is 10.8. The van der Waals surface area contributed by atoms with Crippen LogP contribution in [0.25, 0.3) is 10.8 Å². The van der Waals surface area contributed by atoms with Gasteiger partial charge in [0.2, 0.25) is 0 Å². The van der Waals surface area contributed by atoms with Gasteiger partial charge in [0.1, 0.15) is 5.69 Å². The molecule has 31 heavy (non-hydrogen) atoms. The van der Waals surface area contributed by atoms with E-state index < -0.39 is 5.91 Å². The fourth-order valence-electron chi connectivity index (χ4n) is 3.05. The van der Waals surface area contributed by atoms with Crippen LogP contribution in [0.3, 0.4) is 0 Å². The molecule has 150 valence electrons. The highest BCUT2D eigenvalue weighted by Crippen LogP contribution is 2.42. The molecule has 0 bridgehead atoms. The minimum Gasteiger partial charge on any atom is -0.504 e. The number of nitrogens with zero attached hydrogens (tertiary/aromatic N) is 3. The highest BCUT2D eigenvalue weighted by Gasteiger charge is 2.16. The van der Waals surface area contributed by atoms with Crippen molar-refractivity contribution in [3.63, 3.8) is 0 Å². The molecule has 0 saturated heterocycles. The Hall–Kier alpha value is -4.70. The second kappa shape index (κ2) is 8.35. The Morgan fingerprint density at radius 3 is 2.39 bits per heavy atom. The van der Waals surface area contributed by atoms with Gasteiger partial charge >= 0.3 is 0 Å². The Morgan fingerprint density at radius 2 is 1.68 bits per heavy atom. The third kappa shape index (κ3) is 4.18. The topological polar surface area (TPSA) is 124 Å². The van der Waals surface area contributed by atoms with Gasteiger partial charge < -0.3 is 16.2 Å². The summed E-state index contributed by atoms with van der Waals surface area (Å²) in [4.78, 5) is 12.7. The number of phenols is 1. The molecule has 0 aliphatic carbocycles. The second-order valence-corrected chi connectivity index (χ2v) is 6.78. The van der Waals surface area contributed by atoms with E-state index in [0.29, 0.717) is 27.9 Å². The summed E-state index contributed by atoms with van der Waals surface area (Å²) in [6.45, 7) is 0. The highest BCUT2D eigenvalue weighted by atomic mass is 16.3. The molecule has 0 saturated carbocycles. The molecular formula is C24H17N5O2. The Bertz CT molecular complexity index is 1340. The molecule has 0 heterocycles. The van der Waals surface area contributed by atoms with Crippen LogP contribution >= 0.6 is 0 Å².